The smallest absolute Gasteiger partial charge is 0.137 e. The Balaban J connectivity index is 1.99. The fraction of sp³-hybridized carbons (Fsp3) is 0.188. The molecule has 0 aliphatic carbocycles. The number of fused-ring (bicyclic) bond motifs is 1. The quantitative estimate of drug-likeness (QED) is 0.710. The molecule has 3 heteroatoms. The van der Waals surface area contributed by atoms with Gasteiger partial charge in [-0.25, -0.2) is 4.98 Å². The number of aromatic nitrogens is 2. The molecule has 0 radical (unpaired) electrons. The third-order valence-corrected chi connectivity index (χ3v) is 3.06. The van der Waals surface area contributed by atoms with Gasteiger partial charge in [-0.2, -0.15) is 0 Å². The molecule has 3 aromatic rings. The van der Waals surface area contributed by atoms with Crippen molar-refractivity contribution in [1.29, 1.82) is 0 Å². The number of imidazole rings is 1. The molecule has 0 saturated carbocycles. The summed E-state index contributed by atoms with van der Waals surface area (Å²) in [6.45, 7) is 4.75. The summed E-state index contributed by atoms with van der Waals surface area (Å²) < 4.78 is 7.50. The monoisotopic (exact) mass is 252 g/mol. The molecule has 1 aromatic carbocycles. The molecule has 3 rings (SSSR count). The van der Waals surface area contributed by atoms with Gasteiger partial charge >= 0.3 is 0 Å². The van der Waals surface area contributed by atoms with Crippen molar-refractivity contribution in [2.45, 2.75) is 13.8 Å². The minimum absolute atomic E-state index is 0.687. The molecule has 0 fully saturated rings. The van der Waals surface area contributed by atoms with Crippen molar-refractivity contribution in [3.63, 3.8) is 0 Å². The molecule has 0 N–H and O–H groups in total. The highest BCUT2D eigenvalue weighted by atomic mass is 16.5. The fourth-order valence-electron chi connectivity index (χ4n) is 2.13. The van der Waals surface area contributed by atoms with Gasteiger partial charge in [0.1, 0.15) is 11.4 Å². The zero-order valence-corrected chi connectivity index (χ0v) is 11.1. The Hall–Kier alpha value is -2.29. The van der Waals surface area contributed by atoms with Crippen LogP contribution in [0.1, 0.15) is 12.5 Å². The summed E-state index contributed by atoms with van der Waals surface area (Å²) in [5, 5.41) is 0. The van der Waals surface area contributed by atoms with Crippen molar-refractivity contribution < 1.29 is 4.74 Å². The highest BCUT2D eigenvalue weighted by molar-refractivity contribution is 5.63. The lowest BCUT2D eigenvalue weighted by Gasteiger charge is -2.02. The van der Waals surface area contributed by atoms with Crippen molar-refractivity contribution >= 4 is 5.65 Å². The number of hydrogen-bond acceptors (Lipinski definition) is 2. The van der Waals surface area contributed by atoms with E-state index in [1.807, 2.05) is 37.3 Å². The Morgan fingerprint density at radius 1 is 1.05 bits per heavy atom. The maximum atomic E-state index is 5.45. The van der Waals surface area contributed by atoms with Crippen molar-refractivity contribution in [2.75, 3.05) is 6.61 Å². The molecule has 19 heavy (non-hydrogen) atoms. The van der Waals surface area contributed by atoms with E-state index >= 15 is 0 Å². The lowest BCUT2D eigenvalue weighted by molar-refractivity contribution is 0.340. The number of aryl methyl sites for hydroxylation is 1. The first kappa shape index (κ1) is 11.8. The molecule has 0 amide bonds. The Kier molecular flexibility index (Phi) is 2.95. The van der Waals surface area contributed by atoms with Gasteiger partial charge in [0.2, 0.25) is 0 Å². The van der Waals surface area contributed by atoms with Gasteiger partial charge in [-0.05, 0) is 49.7 Å². The molecule has 0 spiro atoms. The Labute approximate surface area is 112 Å². The third kappa shape index (κ3) is 2.32. The number of ether oxygens (including phenoxy) is 1. The molecule has 0 bridgehead atoms. The van der Waals surface area contributed by atoms with Crippen LogP contribution < -0.4 is 4.74 Å². The summed E-state index contributed by atoms with van der Waals surface area (Å²) in [5.41, 5.74) is 4.27. The van der Waals surface area contributed by atoms with Crippen molar-refractivity contribution in [2.24, 2.45) is 0 Å². The molecule has 2 aromatic heterocycles. The first-order valence-electron chi connectivity index (χ1n) is 6.45. The van der Waals surface area contributed by atoms with Crippen LogP contribution in [0.2, 0.25) is 0 Å². The summed E-state index contributed by atoms with van der Waals surface area (Å²) in [6.07, 6.45) is 4.14. The zero-order chi connectivity index (χ0) is 13.2. The topological polar surface area (TPSA) is 26.5 Å². The lowest BCUT2D eigenvalue weighted by atomic mass is 10.2. The van der Waals surface area contributed by atoms with Gasteiger partial charge in [-0.1, -0.05) is 6.07 Å². The van der Waals surface area contributed by atoms with Crippen LogP contribution in [-0.4, -0.2) is 16.0 Å². The van der Waals surface area contributed by atoms with Gasteiger partial charge in [0.05, 0.1) is 12.3 Å². The average molecular weight is 252 g/mol. The normalized spacial score (nSPS) is 10.8. The SMILES string of the molecule is CCOc1ccc(-c2cn3cc(C)ccc3n2)cc1. The van der Waals surface area contributed by atoms with Crippen LogP contribution in [-0.2, 0) is 0 Å². The van der Waals surface area contributed by atoms with E-state index in [2.05, 4.69) is 34.8 Å². The van der Waals surface area contributed by atoms with Gasteiger partial charge in [0.15, 0.2) is 0 Å². The van der Waals surface area contributed by atoms with Crippen LogP contribution >= 0.6 is 0 Å². The maximum absolute atomic E-state index is 5.45. The molecule has 3 nitrogen and oxygen atoms in total. The molecule has 2 heterocycles. The van der Waals surface area contributed by atoms with E-state index in [4.69, 9.17) is 4.74 Å². The second-order valence-corrected chi connectivity index (χ2v) is 4.56. The summed E-state index contributed by atoms with van der Waals surface area (Å²) in [7, 11) is 0. The van der Waals surface area contributed by atoms with Gasteiger partial charge in [0, 0.05) is 18.0 Å². The van der Waals surface area contributed by atoms with Gasteiger partial charge in [-0.3, -0.25) is 0 Å². The summed E-state index contributed by atoms with van der Waals surface area (Å²) >= 11 is 0. The van der Waals surface area contributed by atoms with E-state index in [0.29, 0.717) is 6.61 Å². The molecule has 0 saturated heterocycles. The average Bonchev–Trinajstić information content (AvgIpc) is 2.83. The van der Waals surface area contributed by atoms with Crippen LogP contribution in [0, 0.1) is 6.92 Å². The Bertz CT molecular complexity index is 698. The minimum atomic E-state index is 0.687. The Morgan fingerprint density at radius 3 is 2.58 bits per heavy atom. The highest BCUT2D eigenvalue weighted by Gasteiger charge is 2.04. The molecular formula is C16H16N2O. The predicted molar refractivity (Wildman–Crippen MR) is 76.5 cm³/mol. The summed E-state index contributed by atoms with van der Waals surface area (Å²) in [4.78, 5) is 4.62. The van der Waals surface area contributed by atoms with E-state index in [1.54, 1.807) is 0 Å². The molecule has 96 valence electrons. The lowest BCUT2D eigenvalue weighted by Crippen LogP contribution is -1.90. The molecular weight excluding hydrogens is 236 g/mol. The number of benzene rings is 1. The van der Waals surface area contributed by atoms with Gasteiger partial charge in [0.25, 0.3) is 0 Å². The van der Waals surface area contributed by atoms with Gasteiger partial charge in [-0.15, -0.1) is 0 Å². The summed E-state index contributed by atoms with van der Waals surface area (Å²) in [5.74, 6) is 0.894. The number of nitrogens with zero attached hydrogens (tertiary/aromatic N) is 2. The molecule has 0 aliphatic heterocycles. The van der Waals surface area contributed by atoms with Crippen molar-refractivity contribution in [3.8, 4) is 17.0 Å². The van der Waals surface area contributed by atoms with Crippen LogP contribution in [0.4, 0.5) is 0 Å². The number of pyridine rings is 1. The van der Waals surface area contributed by atoms with Crippen LogP contribution in [0.25, 0.3) is 16.9 Å². The largest absolute Gasteiger partial charge is 0.494 e. The second kappa shape index (κ2) is 4.76. The third-order valence-electron chi connectivity index (χ3n) is 3.06. The van der Waals surface area contributed by atoms with E-state index in [0.717, 1.165) is 22.7 Å². The van der Waals surface area contributed by atoms with E-state index in [9.17, 15) is 0 Å². The number of hydrogen-bond donors (Lipinski definition) is 0. The number of rotatable bonds is 3. The standard InChI is InChI=1S/C16H16N2O/c1-3-19-14-7-5-13(6-8-14)15-11-18-10-12(2)4-9-16(18)17-15/h4-11H,3H2,1-2H3. The summed E-state index contributed by atoms with van der Waals surface area (Å²) in [6, 6.07) is 12.2. The first-order chi connectivity index (χ1) is 9.26. The van der Waals surface area contributed by atoms with E-state index in [1.165, 1.54) is 5.56 Å². The van der Waals surface area contributed by atoms with Crippen LogP contribution in [0.5, 0.6) is 5.75 Å². The van der Waals surface area contributed by atoms with Crippen LogP contribution in [0.15, 0.2) is 48.8 Å². The fourth-order valence-corrected chi connectivity index (χ4v) is 2.13. The Morgan fingerprint density at radius 2 is 1.84 bits per heavy atom. The predicted octanol–water partition coefficient (Wildman–Crippen LogP) is 3.71. The molecule has 0 atom stereocenters. The van der Waals surface area contributed by atoms with Crippen molar-refractivity contribution in [1.82, 2.24) is 9.38 Å². The zero-order valence-electron chi connectivity index (χ0n) is 11.1. The first-order valence-corrected chi connectivity index (χ1v) is 6.45. The van der Waals surface area contributed by atoms with Crippen molar-refractivity contribution in [3.05, 3.63) is 54.4 Å². The van der Waals surface area contributed by atoms with E-state index < -0.39 is 0 Å². The van der Waals surface area contributed by atoms with E-state index in [-0.39, 0.29) is 0 Å². The maximum Gasteiger partial charge on any atom is 0.137 e. The van der Waals surface area contributed by atoms with Gasteiger partial charge < -0.3 is 9.14 Å². The minimum Gasteiger partial charge on any atom is -0.494 e. The second-order valence-electron chi connectivity index (χ2n) is 4.56. The highest BCUT2D eigenvalue weighted by Crippen LogP contribution is 2.22. The van der Waals surface area contributed by atoms with Crippen LogP contribution in [0.3, 0.4) is 0 Å². The molecule has 0 unspecified atom stereocenters. The molecule has 0 aliphatic rings.